The molecule has 1 saturated carbocycles. The summed E-state index contributed by atoms with van der Waals surface area (Å²) in [4.78, 5) is 32.0. The van der Waals surface area contributed by atoms with Crippen LogP contribution < -0.4 is 4.74 Å². The number of carbonyl (C=O) groups is 2. The summed E-state index contributed by atoms with van der Waals surface area (Å²) >= 11 is 12.4. The van der Waals surface area contributed by atoms with E-state index in [4.69, 9.17) is 37.4 Å². The lowest BCUT2D eigenvalue weighted by Crippen LogP contribution is -2.38. The molecule has 1 amide bonds. The molecule has 34 heavy (non-hydrogen) atoms. The molecule has 0 N–H and O–H groups in total. The van der Waals surface area contributed by atoms with Crippen molar-refractivity contribution in [1.29, 1.82) is 0 Å². The quantitative estimate of drug-likeness (QED) is 0.487. The molecule has 1 aromatic heterocycles. The Hall–Kier alpha value is -1.92. The Morgan fingerprint density at radius 3 is 2.68 bits per heavy atom. The highest BCUT2D eigenvalue weighted by Gasteiger charge is 2.56. The van der Waals surface area contributed by atoms with Crippen molar-refractivity contribution in [1.82, 2.24) is 14.2 Å². The number of hydrogen-bond acceptors (Lipinski definition) is 9. The number of rotatable bonds is 7. The minimum Gasteiger partial charge on any atom is -0.475 e. The summed E-state index contributed by atoms with van der Waals surface area (Å²) in [6.07, 6.45) is 3.45. The molecule has 10 nitrogen and oxygen atoms in total. The zero-order valence-electron chi connectivity index (χ0n) is 18.2. The molecule has 0 aromatic carbocycles. The van der Waals surface area contributed by atoms with Crippen LogP contribution in [0.2, 0.25) is 10.0 Å². The third kappa shape index (κ3) is 4.07. The van der Waals surface area contributed by atoms with E-state index in [1.165, 1.54) is 6.20 Å². The molecule has 5 rings (SSSR count). The van der Waals surface area contributed by atoms with Gasteiger partial charge < -0.3 is 14.2 Å². The van der Waals surface area contributed by atoms with Gasteiger partial charge in [0.2, 0.25) is 5.88 Å². The van der Waals surface area contributed by atoms with E-state index in [1.807, 2.05) is 0 Å². The summed E-state index contributed by atoms with van der Waals surface area (Å²) < 4.78 is 42.6. The number of morpholine rings is 1. The largest absolute Gasteiger partial charge is 0.475 e. The van der Waals surface area contributed by atoms with Gasteiger partial charge in [0.1, 0.15) is 17.2 Å². The van der Waals surface area contributed by atoms with Gasteiger partial charge in [-0.1, -0.05) is 23.2 Å². The van der Waals surface area contributed by atoms with E-state index >= 15 is 0 Å². The molecule has 3 heterocycles. The highest BCUT2D eigenvalue weighted by molar-refractivity contribution is 7.94. The van der Waals surface area contributed by atoms with Crippen molar-refractivity contribution in [3.05, 3.63) is 32.3 Å². The molecule has 0 radical (unpaired) electrons. The Morgan fingerprint density at radius 2 is 1.94 bits per heavy atom. The number of pyridine rings is 1. The summed E-state index contributed by atoms with van der Waals surface area (Å²) in [5.41, 5.74) is 0.146. The van der Waals surface area contributed by atoms with E-state index in [0.717, 1.165) is 25.9 Å². The first-order valence-corrected chi connectivity index (χ1v) is 13.2. The number of carbonyl (C=O) groups excluding carboxylic acids is 2. The van der Waals surface area contributed by atoms with Crippen LogP contribution in [0.4, 0.5) is 0 Å². The molecule has 4 aliphatic rings. The van der Waals surface area contributed by atoms with Crippen molar-refractivity contribution in [3.8, 4) is 5.88 Å². The van der Waals surface area contributed by atoms with Gasteiger partial charge in [0.25, 0.3) is 15.9 Å². The molecule has 13 heteroatoms. The fraction of sp³-hybridized carbons (Fsp3) is 0.571. The lowest BCUT2D eigenvalue weighted by atomic mass is 9.98. The molecule has 2 fully saturated rings. The number of halogens is 2. The first kappa shape index (κ1) is 23.8. The standard InChI is InChI=1S/C21H23Cl2N3O7S/c22-14-10-24-19(32-8-5-25-3-6-31-7-4-25)17(23)16(14)21(28)33-11-26-20(27)15-12-1-2-13(9-12)18(15)34(26,29)30/h10,12-13H,1-9,11H2. The first-order chi connectivity index (χ1) is 16.3. The lowest BCUT2D eigenvalue weighted by molar-refractivity contribution is -0.125. The molecular weight excluding hydrogens is 509 g/mol. The molecule has 2 aliphatic carbocycles. The predicted octanol–water partition coefficient (Wildman–Crippen LogP) is 2.07. The van der Waals surface area contributed by atoms with Crippen LogP contribution >= 0.6 is 23.2 Å². The minimum absolute atomic E-state index is 0.00775. The van der Waals surface area contributed by atoms with Gasteiger partial charge in [0.15, 0.2) is 6.73 Å². The van der Waals surface area contributed by atoms with Gasteiger partial charge in [-0.15, -0.1) is 0 Å². The van der Waals surface area contributed by atoms with Gasteiger partial charge in [0, 0.05) is 25.2 Å². The summed E-state index contributed by atoms with van der Waals surface area (Å²) in [6, 6.07) is 0. The van der Waals surface area contributed by atoms with Crippen LogP contribution in [0.5, 0.6) is 5.88 Å². The van der Waals surface area contributed by atoms with Gasteiger partial charge in [-0.3, -0.25) is 9.69 Å². The monoisotopic (exact) mass is 531 g/mol. The maximum absolute atomic E-state index is 12.9. The van der Waals surface area contributed by atoms with Crippen LogP contribution in [0.25, 0.3) is 0 Å². The molecule has 1 aromatic rings. The van der Waals surface area contributed by atoms with Crippen LogP contribution in [-0.4, -0.2) is 80.7 Å². The summed E-state index contributed by atoms with van der Waals surface area (Å²) in [5.74, 6) is -1.75. The molecule has 1 saturated heterocycles. The predicted molar refractivity (Wildman–Crippen MR) is 121 cm³/mol. The Balaban J connectivity index is 1.24. The van der Waals surface area contributed by atoms with Gasteiger partial charge >= 0.3 is 5.97 Å². The molecule has 2 bridgehead atoms. The number of fused-ring (bicyclic) bond motifs is 4. The highest BCUT2D eigenvalue weighted by Crippen LogP contribution is 2.54. The summed E-state index contributed by atoms with van der Waals surface area (Å²) in [5, 5.41) is -0.224. The number of ether oxygens (including phenoxy) is 3. The van der Waals surface area contributed by atoms with Crippen LogP contribution in [0.3, 0.4) is 0 Å². The van der Waals surface area contributed by atoms with E-state index in [0.29, 0.717) is 36.1 Å². The first-order valence-electron chi connectivity index (χ1n) is 11.0. The normalized spacial score (nSPS) is 25.7. The number of aromatic nitrogens is 1. The lowest BCUT2D eigenvalue weighted by Gasteiger charge is -2.26. The third-order valence-electron chi connectivity index (χ3n) is 6.71. The van der Waals surface area contributed by atoms with Crippen molar-refractivity contribution in [2.45, 2.75) is 19.3 Å². The fourth-order valence-corrected chi connectivity index (χ4v) is 7.51. The average Bonchev–Trinajstić information content (AvgIpc) is 3.48. The maximum Gasteiger partial charge on any atom is 0.343 e. The van der Waals surface area contributed by atoms with Crippen LogP contribution in [0.1, 0.15) is 29.6 Å². The number of hydrogen-bond donors (Lipinski definition) is 0. The smallest absolute Gasteiger partial charge is 0.343 e. The van der Waals surface area contributed by atoms with Crippen LogP contribution in [0, 0.1) is 11.8 Å². The van der Waals surface area contributed by atoms with Gasteiger partial charge in [-0.2, -0.15) is 4.31 Å². The zero-order valence-corrected chi connectivity index (χ0v) is 20.5. The zero-order chi connectivity index (χ0) is 24.0. The number of nitrogens with zero attached hydrogens (tertiary/aromatic N) is 3. The molecule has 2 aliphatic heterocycles. The van der Waals surface area contributed by atoms with Crippen LogP contribution in [0.15, 0.2) is 16.7 Å². The Bertz CT molecular complexity index is 1170. The maximum atomic E-state index is 12.9. The van der Waals surface area contributed by atoms with Gasteiger partial charge in [0.05, 0.1) is 29.3 Å². The minimum atomic E-state index is -4.00. The van der Waals surface area contributed by atoms with E-state index in [1.54, 1.807) is 0 Å². The third-order valence-corrected chi connectivity index (χ3v) is 9.31. The summed E-state index contributed by atoms with van der Waals surface area (Å²) in [7, 11) is -4.00. The second-order valence-electron chi connectivity index (χ2n) is 8.61. The van der Waals surface area contributed by atoms with Crippen molar-refractivity contribution >= 4 is 45.1 Å². The Kier molecular flexibility index (Phi) is 6.49. The molecular formula is C21H23Cl2N3O7S. The number of amides is 1. The topological polar surface area (TPSA) is 115 Å². The van der Waals surface area contributed by atoms with Crippen molar-refractivity contribution in [3.63, 3.8) is 0 Å². The Labute approximate surface area is 206 Å². The van der Waals surface area contributed by atoms with E-state index in [9.17, 15) is 18.0 Å². The van der Waals surface area contributed by atoms with E-state index in [2.05, 4.69) is 9.88 Å². The van der Waals surface area contributed by atoms with E-state index in [-0.39, 0.29) is 44.8 Å². The van der Waals surface area contributed by atoms with Crippen molar-refractivity contribution in [2.75, 3.05) is 46.2 Å². The molecule has 184 valence electrons. The average molecular weight is 532 g/mol. The fourth-order valence-electron chi connectivity index (χ4n) is 5.04. The molecule has 0 spiro atoms. The Morgan fingerprint density at radius 1 is 1.21 bits per heavy atom. The SMILES string of the molecule is O=C(OCN1C(=O)C2=C(C3CCC2C3)S1(=O)=O)c1c(Cl)cnc(OCCN2CCOCC2)c1Cl. The number of sulfonamides is 1. The second-order valence-corrected chi connectivity index (χ2v) is 11.2. The van der Waals surface area contributed by atoms with Crippen molar-refractivity contribution in [2.24, 2.45) is 11.8 Å². The highest BCUT2D eigenvalue weighted by atomic mass is 35.5. The van der Waals surface area contributed by atoms with Crippen molar-refractivity contribution < 1.29 is 32.2 Å². The number of esters is 1. The van der Waals surface area contributed by atoms with Gasteiger partial charge in [-0.05, 0) is 31.1 Å². The van der Waals surface area contributed by atoms with Crippen LogP contribution in [-0.2, 0) is 24.3 Å². The van der Waals surface area contributed by atoms with Gasteiger partial charge in [-0.25, -0.2) is 18.2 Å². The number of allylic oxidation sites excluding steroid dienone is 1. The molecule has 2 atom stereocenters. The molecule has 2 unspecified atom stereocenters. The van der Waals surface area contributed by atoms with E-state index < -0.39 is 28.6 Å². The second kappa shape index (κ2) is 9.27. The summed E-state index contributed by atoms with van der Waals surface area (Å²) in [6.45, 7) is 3.05.